The standard InChI is InChI=1S/C10H14BCl/c1-7-4-5-9(6-10(7)12)8(2)11-3/h4-6,8,11H,1-3H3. The summed E-state index contributed by atoms with van der Waals surface area (Å²) in [4.78, 5) is 0. The highest BCUT2D eigenvalue weighted by molar-refractivity contribution is 6.36. The molecule has 0 nitrogen and oxygen atoms in total. The smallest absolute Gasteiger partial charge is 0.0888 e. The molecule has 0 aliphatic carbocycles. The zero-order chi connectivity index (χ0) is 9.14. The van der Waals surface area contributed by atoms with Crippen molar-refractivity contribution in [1.82, 2.24) is 0 Å². The summed E-state index contributed by atoms with van der Waals surface area (Å²) >= 11 is 6.01. The number of halogens is 1. The molecule has 0 radical (unpaired) electrons. The largest absolute Gasteiger partial charge is 0.126 e. The van der Waals surface area contributed by atoms with E-state index in [-0.39, 0.29) is 0 Å². The molecule has 0 fully saturated rings. The van der Waals surface area contributed by atoms with E-state index < -0.39 is 0 Å². The van der Waals surface area contributed by atoms with E-state index in [4.69, 9.17) is 11.6 Å². The van der Waals surface area contributed by atoms with Gasteiger partial charge in [0.05, 0.1) is 0 Å². The molecule has 1 aromatic carbocycles. The van der Waals surface area contributed by atoms with Crippen LogP contribution in [0.4, 0.5) is 0 Å². The fraction of sp³-hybridized carbons (Fsp3) is 0.400. The van der Waals surface area contributed by atoms with Gasteiger partial charge in [0.15, 0.2) is 0 Å². The predicted octanol–water partition coefficient (Wildman–Crippen LogP) is 3.19. The molecule has 0 saturated heterocycles. The number of hydrogen-bond acceptors (Lipinski definition) is 0. The fourth-order valence-electron chi connectivity index (χ4n) is 1.15. The van der Waals surface area contributed by atoms with Crippen LogP contribution >= 0.6 is 11.6 Å². The lowest BCUT2D eigenvalue weighted by molar-refractivity contribution is 1.06. The average molecular weight is 180 g/mol. The maximum atomic E-state index is 6.01. The number of benzene rings is 1. The summed E-state index contributed by atoms with van der Waals surface area (Å²) in [6.45, 7) is 6.45. The molecule has 0 aliphatic heterocycles. The lowest BCUT2D eigenvalue weighted by atomic mass is 9.65. The second-order valence-corrected chi connectivity index (χ2v) is 3.73. The lowest BCUT2D eigenvalue weighted by Crippen LogP contribution is -1.99. The summed E-state index contributed by atoms with van der Waals surface area (Å²) in [6.07, 6.45) is 0. The molecule has 0 spiro atoms. The van der Waals surface area contributed by atoms with Crippen molar-refractivity contribution in [1.29, 1.82) is 0 Å². The summed E-state index contributed by atoms with van der Waals surface area (Å²) < 4.78 is 0. The Bertz CT molecular complexity index is 271. The van der Waals surface area contributed by atoms with Crippen LogP contribution in [0, 0.1) is 6.92 Å². The van der Waals surface area contributed by atoms with E-state index >= 15 is 0 Å². The van der Waals surface area contributed by atoms with Crippen LogP contribution in [0.15, 0.2) is 18.2 Å². The van der Waals surface area contributed by atoms with Crippen molar-refractivity contribution < 1.29 is 0 Å². The first-order valence-corrected chi connectivity index (χ1v) is 4.79. The monoisotopic (exact) mass is 180 g/mol. The Kier molecular flexibility index (Phi) is 3.22. The first-order chi connectivity index (χ1) is 5.65. The molecule has 0 amide bonds. The third-order valence-corrected chi connectivity index (χ3v) is 2.78. The van der Waals surface area contributed by atoms with E-state index in [0.29, 0.717) is 5.82 Å². The fourth-order valence-corrected chi connectivity index (χ4v) is 1.34. The molecule has 64 valence electrons. The van der Waals surface area contributed by atoms with Crippen molar-refractivity contribution in [2.24, 2.45) is 0 Å². The van der Waals surface area contributed by atoms with Crippen LogP contribution in [-0.2, 0) is 0 Å². The minimum Gasteiger partial charge on any atom is -0.0888 e. The molecular formula is C10H14BCl. The zero-order valence-electron chi connectivity index (χ0n) is 7.89. The Balaban J connectivity index is 2.96. The molecule has 0 bridgehead atoms. The van der Waals surface area contributed by atoms with Crippen LogP contribution < -0.4 is 0 Å². The number of hydrogen-bond donors (Lipinski definition) is 0. The lowest BCUT2D eigenvalue weighted by Gasteiger charge is -2.09. The Hall–Kier alpha value is -0.425. The van der Waals surface area contributed by atoms with Gasteiger partial charge in [0.1, 0.15) is 7.28 Å². The molecule has 0 aliphatic rings. The van der Waals surface area contributed by atoms with Gasteiger partial charge in [-0.1, -0.05) is 43.0 Å². The molecule has 2 heteroatoms. The first-order valence-electron chi connectivity index (χ1n) is 4.41. The van der Waals surface area contributed by atoms with Crippen LogP contribution in [0.1, 0.15) is 23.9 Å². The molecular weight excluding hydrogens is 166 g/mol. The number of rotatable bonds is 2. The second-order valence-electron chi connectivity index (χ2n) is 3.32. The van der Waals surface area contributed by atoms with Crippen molar-refractivity contribution in [2.75, 3.05) is 0 Å². The quantitative estimate of drug-likeness (QED) is 0.613. The Morgan fingerprint density at radius 2 is 2.08 bits per heavy atom. The van der Waals surface area contributed by atoms with Crippen molar-refractivity contribution >= 4 is 18.9 Å². The molecule has 1 atom stereocenters. The van der Waals surface area contributed by atoms with E-state index in [2.05, 4.69) is 31.9 Å². The van der Waals surface area contributed by atoms with E-state index in [1.54, 1.807) is 0 Å². The van der Waals surface area contributed by atoms with Crippen LogP contribution in [-0.4, -0.2) is 7.28 Å². The van der Waals surface area contributed by atoms with E-state index in [0.717, 1.165) is 10.6 Å². The molecule has 0 saturated carbocycles. The first kappa shape index (κ1) is 9.66. The van der Waals surface area contributed by atoms with Crippen molar-refractivity contribution in [3.05, 3.63) is 34.3 Å². The van der Waals surface area contributed by atoms with E-state index in [9.17, 15) is 0 Å². The normalized spacial score (nSPS) is 12.7. The third-order valence-electron chi connectivity index (χ3n) is 2.38. The average Bonchev–Trinajstić information content (AvgIpc) is 2.08. The summed E-state index contributed by atoms with van der Waals surface area (Å²) in [7, 11) is 1.17. The second kappa shape index (κ2) is 4.00. The Labute approximate surface area is 80.2 Å². The summed E-state index contributed by atoms with van der Waals surface area (Å²) in [5.74, 6) is 0.614. The third kappa shape index (κ3) is 2.04. The topological polar surface area (TPSA) is 0 Å². The van der Waals surface area contributed by atoms with Gasteiger partial charge in [-0.25, -0.2) is 0 Å². The Morgan fingerprint density at radius 1 is 1.42 bits per heavy atom. The highest BCUT2D eigenvalue weighted by Crippen LogP contribution is 2.21. The van der Waals surface area contributed by atoms with Crippen molar-refractivity contribution in [3.63, 3.8) is 0 Å². The van der Waals surface area contributed by atoms with Gasteiger partial charge in [0.25, 0.3) is 0 Å². The molecule has 1 unspecified atom stereocenters. The summed E-state index contributed by atoms with van der Waals surface area (Å²) in [6, 6.07) is 6.32. The predicted molar refractivity (Wildman–Crippen MR) is 57.6 cm³/mol. The highest BCUT2D eigenvalue weighted by Gasteiger charge is 2.04. The molecule has 0 heterocycles. The maximum absolute atomic E-state index is 6.01. The minimum absolute atomic E-state index is 0.614. The Morgan fingerprint density at radius 3 is 2.58 bits per heavy atom. The molecule has 0 N–H and O–H groups in total. The van der Waals surface area contributed by atoms with Gasteiger partial charge in [-0.3, -0.25) is 0 Å². The van der Waals surface area contributed by atoms with Crippen molar-refractivity contribution in [2.45, 2.75) is 26.5 Å². The van der Waals surface area contributed by atoms with E-state index in [1.807, 2.05) is 6.92 Å². The van der Waals surface area contributed by atoms with Crippen LogP contribution in [0.25, 0.3) is 0 Å². The van der Waals surface area contributed by atoms with E-state index in [1.165, 1.54) is 12.8 Å². The molecule has 12 heavy (non-hydrogen) atoms. The van der Waals surface area contributed by atoms with Gasteiger partial charge in [0.2, 0.25) is 0 Å². The summed E-state index contributed by atoms with van der Waals surface area (Å²) in [5, 5.41) is 0.882. The van der Waals surface area contributed by atoms with Crippen molar-refractivity contribution in [3.8, 4) is 0 Å². The SMILES string of the molecule is CBC(C)c1ccc(C)c(Cl)c1. The maximum Gasteiger partial charge on any atom is 0.126 e. The van der Waals surface area contributed by atoms with Gasteiger partial charge >= 0.3 is 0 Å². The minimum atomic E-state index is 0.614. The van der Waals surface area contributed by atoms with Gasteiger partial charge < -0.3 is 0 Å². The summed E-state index contributed by atoms with van der Waals surface area (Å²) in [5.41, 5.74) is 2.50. The molecule has 0 aromatic heterocycles. The zero-order valence-corrected chi connectivity index (χ0v) is 8.65. The molecule has 1 aromatic rings. The van der Waals surface area contributed by atoms with Crippen LogP contribution in [0.2, 0.25) is 11.8 Å². The van der Waals surface area contributed by atoms with Gasteiger partial charge in [-0.2, -0.15) is 0 Å². The van der Waals surface area contributed by atoms with Crippen LogP contribution in [0.5, 0.6) is 0 Å². The van der Waals surface area contributed by atoms with Gasteiger partial charge in [-0.15, -0.1) is 0 Å². The highest BCUT2D eigenvalue weighted by atomic mass is 35.5. The molecule has 1 rings (SSSR count). The van der Waals surface area contributed by atoms with Gasteiger partial charge in [0, 0.05) is 5.02 Å². The van der Waals surface area contributed by atoms with Gasteiger partial charge in [-0.05, 0) is 24.4 Å². The van der Waals surface area contributed by atoms with Crippen LogP contribution in [0.3, 0.4) is 0 Å². The number of aryl methyl sites for hydroxylation is 1.